The average Bonchev–Trinajstić information content (AvgIpc) is 2.97. The third-order valence-electron chi connectivity index (χ3n) is 3.59. The Morgan fingerprint density at radius 2 is 2.19 bits per heavy atom. The highest BCUT2D eigenvalue weighted by Gasteiger charge is 2.42. The summed E-state index contributed by atoms with van der Waals surface area (Å²) in [5.41, 5.74) is -0.539. The molecule has 2 N–H and O–H groups in total. The highest BCUT2D eigenvalue weighted by molar-refractivity contribution is 5.81. The largest absolute Gasteiger partial charge is 0.480 e. The number of hydrogen-bond acceptors (Lipinski definition) is 4. The summed E-state index contributed by atoms with van der Waals surface area (Å²) in [6, 6.07) is 9.21. The molecule has 1 aromatic carbocycles. The van der Waals surface area contributed by atoms with E-state index in [9.17, 15) is 9.90 Å². The molecule has 1 saturated heterocycles. The molecule has 2 unspecified atom stereocenters. The molecular formula is C16H23NO4. The van der Waals surface area contributed by atoms with Crippen molar-refractivity contribution in [3.05, 3.63) is 35.9 Å². The van der Waals surface area contributed by atoms with Crippen LogP contribution >= 0.6 is 0 Å². The molecule has 116 valence electrons. The van der Waals surface area contributed by atoms with Gasteiger partial charge in [-0.1, -0.05) is 30.3 Å². The van der Waals surface area contributed by atoms with Crippen LogP contribution in [-0.4, -0.2) is 43.0 Å². The summed E-state index contributed by atoms with van der Waals surface area (Å²) in [5.74, 6) is -0.929. The van der Waals surface area contributed by atoms with Crippen LogP contribution in [0.3, 0.4) is 0 Å². The van der Waals surface area contributed by atoms with Crippen molar-refractivity contribution in [1.82, 2.24) is 5.32 Å². The lowest BCUT2D eigenvalue weighted by Gasteiger charge is -2.33. The number of carboxylic acids is 1. The van der Waals surface area contributed by atoms with Crippen LogP contribution < -0.4 is 5.32 Å². The quantitative estimate of drug-likeness (QED) is 0.802. The van der Waals surface area contributed by atoms with Gasteiger partial charge in [0.1, 0.15) is 0 Å². The number of carboxylic acid groups (broad SMARTS) is 1. The molecule has 0 bridgehead atoms. The van der Waals surface area contributed by atoms with Gasteiger partial charge in [0.15, 0.2) is 5.54 Å². The number of hydrogen-bond donors (Lipinski definition) is 2. The van der Waals surface area contributed by atoms with Gasteiger partial charge in [0.05, 0.1) is 19.3 Å². The maximum absolute atomic E-state index is 12.0. The summed E-state index contributed by atoms with van der Waals surface area (Å²) in [6.07, 6.45) is 0.785. The van der Waals surface area contributed by atoms with E-state index in [2.05, 4.69) is 5.32 Å². The van der Waals surface area contributed by atoms with Gasteiger partial charge in [-0.3, -0.25) is 5.32 Å². The normalized spacial score (nSPS) is 21.4. The van der Waals surface area contributed by atoms with Crippen molar-refractivity contribution in [2.75, 3.05) is 19.8 Å². The maximum Gasteiger partial charge on any atom is 0.331 e. The van der Waals surface area contributed by atoms with E-state index in [1.54, 1.807) is 0 Å². The second-order valence-electron chi connectivity index (χ2n) is 5.67. The monoisotopic (exact) mass is 293 g/mol. The molecule has 1 aliphatic rings. The van der Waals surface area contributed by atoms with Crippen LogP contribution in [0.2, 0.25) is 0 Å². The van der Waals surface area contributed by atoms with E-state index < -0.39 is 11.5 Å². The molecule has 0 saturated carbocycles. The molecule has 1 fully saturated rings. The van der Waals surface area contributed by atoms with Crippen LogP contribution in [0.25, 0.3) is 0 Å². The lowest BCUT2D eigenvalue weighted by molar-refractivity contribution is -0.150. The van der Waals surface area contributed by atoms with Crippen molar-refractivity contribution in [2.45, 2.75) is 38.0 Å². The Morgan fingerprint density at radius 3 is 2.71 bits per heavy atom. The van der Waals surface area contributed by atoms with Gasteiger partial charge < -0.3 is 14.6 Å². The van der Waals surface area contributed by atoms with Crippen molar-refractivity contribution in [2.24, 2.45) is 0 Å². The molecular weight excluding hydrogens is 270 g/mol. The number of carbonyl (C=O) groups is 1. The molecule has 1 aliphatic heterocycles. The predicted molar refractivity (Wildman–Crippen MR) is 79.2 cm³/mol. The van der Waals surface area contributed by atoms with Gasteiger partial charge in [0, 0.05) is 12.6 Å². The molecule has 21 heavy (non-hydrogen) atoms. The van der Waals surface area contributed by atoms with Gasteiger partial charge in [0.2, 0.25) is 0 Å². The number of benzene rings is 1. The lowest BCUT2D eigenvalue weighted by Crippen LogP contribution is -2.55. The Bertz CT molecular complexity index is 457. The van der Waals surface area contributed by atoms with Crippen molar-refractivity contribution in [3.8, 4) is 0 Å². The first-order chi connectivity index (χ1) is 10.0. The van der Waals surface area contributed by atoms with E-state index >= 15 is 0 Å². The summed E-state index contributed by atoms with van der Waals surface area (Å²) in [7, 11) is 0. The Kier molecular flexibility index (Phi) is 5.33. The van der Waals surface area contributed by atoms with Gasteiger partial charge in [-0.05, 0) is 25.8 Å². The number of rotatable bonds is 7. The number of aliphatic carboxylic acids is 1. The molecule has 2 atom stereocenters. The SMILES string of the molecule is CC(C)NC(COC1CCOC1)(C(=O)O)c1ccccc1. The number of nitrogens with one attached hydrogen (secondary N) is 1. The van der Waals surface area contributed by atoms with E-state index in [0.29, 0.717) is 18.8 Å². The van der Waals surface area contributed by atoms with Gasteiger partial charge in [-0.2, -0.15) is 0 Å². The fourth-order valence-corrected chi connectivity index (χ4v) is 2.56. The fourth-order valence-electron chi connectivity index (χ4n) is 2.56. The fraction of sp³-hybridized carbons (Fsp3) is 0.562. The molecule has 5 heteroatoms. The zero-order chi connectivity index (χ0) is 15.3. The first-order valence-corrected chi connectivity index (χ1v) is 7.30. The van der Waals surface area contributed by atoms with Gasteiger partial charge in [0.25, 0.3) is 0 Å². The smallest absolute Gasteiger partial charge is 0.331 e. The Morgan fingerprint density at radius 1 is 1.48 bits per heavy atom. The molecule has 0 aliphatic carbocycles. The summed E-state index contributed by atoms with van der Waals surface area (Å²) in [6.45, 7) is 5.15. The minimum atomic E-state index is -1.24. The van der Waals surface area contributed by atoms with E-state index in [4.69, 9.17) is 9.47 Å². The first-order valence-electron chi connectivity index (χ1n) is 7.30. The minimum absolute atomic E-state index is 0.0183. The summed E-state index contributed by atoms with van der Waals surface area (Å²) in [5, 5.41) is 13.0. The third-order valence-corrected chi connectivity index (χ3v) is 3.59. The summed E-state index contributed by atoms with van der Waals surface area (Å²) >= 11 is 0. The topological polar surface area (TPSA) is 67.8 Å². The van der Waals surface area contributed by atoms with Crippen LogP contribution in [-0.2, 0) is 19.8 Å². The number of ether oxygens (including phenoxy) is 2. The van der Waals surface area contributed by atoms with Crippen LogP contribution in [0, 0.1) is 0 Å². The Hall–Kier alpha value is -1.43. The van der Waals surface area contributed by atoms with Crippen LogP contribution in [0.5, 0.6) is 0 Å². The van der Waals surface area contributed by atoms with Gasteiger partial charge in [-0.25, -0.2) is 4.79 Å². The summed E-state index contributed by atoms with van der Waals surface area (Å²) in [4.78, 5) is 12.0. The van der Waals surface area contributed by atoms with Crippen molar-refractivity contribution in [1.29, 1.82) is 0 Å². The molecule has 0 spiro atoms. The van der Waals surface area contributed by atoms with Crippen molar-refractivity contribution < 1.29 is 19.4 Å². The third kappa shape index (κ3) is 3.81. The van der Waals surface area contributed by atoms with E-state index in [0.717, 1.165) is 6.42 Å². The second kappa shape index (κ2) is 7.02. The molecule has 1 aromatic rings. The molecule has 0 radical (unpaired) electrons. The second-order valence-corrected chi connectivity index (χ2v) is 5.67. The van der Waals surface area contributed by atoms with Crippen molar-refractivity contribution in [3.63, 3.8) is 0 Å². The predicted octanol–water partition coefficient (Wildman–Crippen LogP) is 1.77. The van der Waals surface area contributed by atoms with Crippen LogP contribution in [0.1, 0.15) is 25.8 Å². The Balaban J connectivity index is 2.24. The van der Waals surface area contributed by atoms with E-state index in [-0.39, 0.29) is 18.8 Å². The van der Waals surface area contributed by atoms with E-state index in [1.165, 1.54) is 0 Å². The zero-order valence-electron chi connectivity index (χ0n) is 12.5. The van der Waals surface area contributed by atoms with Crippen molar-refractivity contribution >= 4 is 5.97 Å². The molecule has 0 amide bonds. The molecule has 5 nitrogen and oxygen atoms in total. The molecule has 0 aromatic heterocycles. The molecule has 2 rings (SSSR count). The van der Waals surface area contributed by atoms with Crippen LogP contribution in [0.15, 0.2) is 30.3 Å². The average molecular weight is 293 g/mol. The first kappa shape index (κ1) is 15.9. The maximum atomic E-state index is 12.0. The van der Waals surface area contributed by atoms with E-state index in [1.807, 2.05) is 44.2 Å². The van der Waals surface area contributed by atoms with Gasteiger partial charge in [-0.15, -0.1) is 0 Å². The van der Waals surface area contributed by atoms with Crippen LogP contribution in [0.4, 0.5) is 0 Å². The van der Waals surface area contributed by atoms with Gasteiger partial charge >= 0.3 is 5.97 Å². The minimum Gasteiger partial charge on any atom is -0.480 e. The molecule has 1 heterocycles. The standard InChI is InChI=1S/C16H23NO4/c1-12(2)17-16(15(18)19,13-6-4-3-5-7-13)11-21-14-8-9-20-10-14/h3-7,12,14,17H,8-11H2,1-2H3,(H,18,19). The lowest BCUT2D eigenvalue weighted by atomic mass is 9.89. The Labute approximate surface area is 125 Å². The highest BCUT2D eigenvalue weighted by atomic mass is 16.5. The zero-order valence-corrected chi connectivity index (χ0v) is 12.5. The highest BCUT2D eigenvalue weighted by Crippen LogP contribution is 2.25. The summed E-state index contributed by atoms with van der Waals surface area (Å²) < 4.78 is 11.1.